The maximum atomic E-state index is 12.0. The average Bonchev–Trinajstić information content (AvgIpc) is 3.11. The lowest BCUT2D eigenvalue weighted by molar-refractivity contribution is 0.0944. The Morgan fingerprint density at radius 3 is 2.72 bits per heavy atom. The topological polar surface area (TPSA) is 29.1 Å². The van der Waals surface area contributed by atoms with E-state index in [1.165, 1.54) is 12.8 Å². The Bertz CT molecular complexity index is 455. The number of hydrogen-bond acceptors (Lipinski definition) is 1. The van der Waals surface area contributed by atoms with Crippen LogP contribution in [0.4, 0.5) is 0 Å². The van der Waals surface area contributed by atoms with Crippen molar-refractivity contribution < 1.29 is 4.79 Å². The first-order chi connectivity index (χ1) is 8.56. The minimum absolute atomic E-state index is 0.0246. The molecule has 0 aromatic heterocycles. The third-order valence-corrected chi connectivity index (χ3v) is 4.89. The van der Waals surface area contributed by atoms with Gasteiger partial charge in [-0.15, -0.1) is 0 Å². The smallest absolute Gasteiger partial charge is 0.251 e. The first-order valence-corrected chi connectivity index (χ1v) is 8.08. The van der Waals surface area contributed by atoms with Gasteiger partial charge in [-0.2, -0.15) is 0 Å². The van der Waals surface area contributed by atoms with Crippen molar-refractivity contribution in [1.29, 1.82) is 0 Å². The number of benzene rings is 1. The van der Waals surface area contributed by atoms with Crippen LogP contribution in [-0.2, 0) is 0 Å². The molecule has 1 N–H and O–H groups in total. The SMILES string of the molecule is Cc1ccc(C(=O)NCC2(CCBr)CC2)cc1Br. The molecule has 0 aliphatic heterocycles. The van der Waals surface area contributed by atoms with Gasteiger partial charge in [0.1, 0.15) is 0 Å². The zero-order chi connectivity index (χ0) is 13.2. The Hall–Kier alpha value is -0.350. The largest absolute Gasteiger partial charge is 0.351 e. The van der Waals surface area contributed by atoms with Gasteiger partial charge >= 0.3 is 0 Å². The lowest BCUT2D eigenvalue weighted by atomic mass is 10.0. The van der Waals surface area contributed by atoms with Crippen LogP contribution in [-0.4, -0.2) is 17.8 Å². The summed E-state index contributed by atoms with van der Waals surface area (Å²) in [7, 11) is 0. The molecule has 0 bridgehead atoms. The van der Waals surface area contributed by atoms with Crippen LogP contribution in [0.2, 0.25) is 0 Å². The first kappa shape index (κ1) is 14.1. The molecule has 2 rings (SSSR count). The molecule has 0 unspecified atom stereocenters. The van der Waals surface area contributed by atoms with E-state index in [1.807, 2.05) is 25.1 Å². The molecule has 1 aliphatic carbocycles. The number of alkyl halides is 1. The number of hydrogen-bond donors (Lipinski definition) is 1. The summed E-state index contributed by atoms with van der Waals surface area (Å²) in [6.45, 7) is 2.81. The molecule has 1 aliphatic rings. The summed E-state index contributed by atoms with van der Waals surface area (Å²) in [5.74, 6) is 0.0246. The van der Waals surface area contributed by atoms with Crippen molar-refractivity contribution in [2.45, 2.75) is 26.2 Å². The summed E-state index contributed by atoms with van der Waals surface area (Å²) < 4.78 is 0.983. The van der Waals surface area contributed by atoms with Crippen LogP contribution >= 0.6 is 31.9 Å². The fourth-order valence-electron chi connectivity index (χ4n) is 2.00. The Morgan fingerprint density at radius 2 is 2.17 bits per heavy atom. The van der Waals surface area contributed by atoms with E-state index in [0.717, 1.165) is 33.9 Å². The van der Waals surface area contributed by atoms with E-state index < -0.39 is 0 Å². The van der Waals surface area contributed by atoms with Crippen LogP contribution in [0.1, 0.15) is 35.2 Å². The molecule has 4 heteroatoms. The molecule has 1 saturated carbocycles. The van der Waals surface area contributed by atoms with Gasteiger partial charge < -0.3 is 5.32 Å². The van der Waals surface area contributed by atoms with Gasteiger partial charge in [0.15, 0.2) is 0 Å². The highest BCUT2D eigenvalue weighted by molar-refractivity contribution is 9.10. The lowest BCUT2D eigenvalue weighted by Crippen LogP contribution is -2.30. The van der Waals surface area contributed by atoms with Gasteiger partial charge in [-0.05, 0) is 49.3 Å². The molecule has 0 atom stereocenters. The van der Waals surface area contributed by atoms with Crippen molar-refractivity contribution in [3.8, 4) is 0 Å². The van der Waals surface area contributed by atoms with Crippen molar-refractivity contribution in [1.82, 2.24) is 5.32 Å². The van der Waals surface area contributed by atoms with Gasteiger partial charge in [0, 0.05) is 21.9 Å². The second-order valence-electron chi connectivity index (χ2n) is 5.09. The van der Waals surface area contributed by atoms with Crippen molar-refractivity contribution in [2.24, 2.45) is 5.41 Å². The highest BCUT2D eigenvalue weighted by Gasteiger charge is 2.41. The van der Waals surface area contributed by atoms with E-state index in [9.17, 15) is 4.79 Å². The predicted octanol–water partition coefficient (Wildman–Crippen LogP) is 4.05. The summed E-state index contributed by atoms with van der Waals surface area (Å²) in [6, 6.07) is 5.72. The van der Waals surface area contributed by atoms with E-state index in [4.69, 9.17) is 0 Å². The van der Waals surface area contributed by atoms with Gasteiger partial charge in [0.25, 0.3) is 5.91 Å². The molecular formula is C14H17Br2NO. The first-order valence-electron chi connectivity index (χ1n) is 6.17. The van der Waals surface area contributed by atoms with Crippen molar-refractivity contribution in [2.75, 3.05) is 11.9 Å². The van der Waals surface area contributed by atoms with E-state index in [-0.39, 0.29) is 5.91 Å². The molecule has 1 aromatic carbocycles. The predicted molar refractivity (Wildman–Crippen MR) is 81.3 cm³/mol. The summed E-state index contributed by atoms with van der Waals surface area (Å²) >= 11 is 6.93. The van der Waals surface area contributed by atoms with Gasteiger partial charge in [-0.3, -0.25) is 4.79 Å². The van der Waals surface area contributed by atoms with E-state index in [0.29, 0.717) is 5.41 Å². The summed E-state index contributed by atoms with van der Waals surface area (Å²) in [5.41, 5.74) is 2.23. The molecule has 1 amide bonds. The minimum Gasteiger partial charge on any atom is -0.351 e. The minimum atomic E-state index is 0.0246. The Kier molecular flexibility index (Phi) is 4.49. The highest BCUT2D eigenvalue weighted by atomic mass is 79.9. The maximum Gasteiger partial charge on any atom is 0.251 e. The fourth-order valence-corrected chi connectivity index (χ4v) is 3.22. The second-order valence-corrected chi connectivity index (χ2v) is 6.73. The molecule has 18 heavy (non-hydrogen) atoms. The third kappa shape index (κ3) is 3.35. The maximum absolute atomic E-state index is 12.0. The molecule has 2 nitrogen and oxygen atoms in total. The van der Waals surface area contributed by atoms with Crippen molar-refractivity contribution in [3.63, 3.8) is 0 Å². The molecule has 0 heterocycles. The van der Waals surface area contributed by atoms with Gasteiger partial charge in [-0.25, -0.2) is 0 Å². The van der Waals surface area contributed by atoms with Gasteiger partial charge in [-0.1, -0.05) is 37.9 Å². The summed E-state index contributed by atoms with van der Waals surface area (Å²) in [4.78, 5) is 12.0. The quantitative estimate of drug-likeness (QED) is 0.774. The zero-order valence-electron chi connectivity index (χ0n) is 10.4. The zero-order valence-corrected chi connectivity index (χ0v) is 13.6. The second kappa shape index (κ2) is 5.74. The van der Waals surface area contributed by atoms with Crippen LogP contribution in [0.3, 0.4) is 0 Å². The lowest BCUT2D eigenvalue weighted by Gasteiger charge is -2.14. The average molecular weight is 375 g/mol. The number of nitrogens with one attached hydrogen (secondary N) is 1. The molecule has 0 saturated heterocycles. The normalized spacial score (nSPS) is 16.4. The van der Waals surface area contributed by atoms with Crippen LogP contribution in [0.5, 0.6) is 0 Å². The highest BCUT2D eigenvalue weighted by Crippen LogP contribution is 2.48. The van der Waals surface area contributed by atoms with E-state index in [2.05, 4.69) is 37.2 Å². The fraction of sp³-hybridized carbons (Fsp3) is 0.500. The summed E-state index contributed by atoms with van der Waals surface area (Å²) in [6.07, 6.45) is 3.61. The van der Waals surface area contributed by atoms with Crippen LogP contribution < -0.4 is 5.32 Å². The number of amides is 1. The van der Waals surface area contributed by atoms with Crippen molar-refractivity contribution in [3.05, 3.63) is 33.8 Å². The van der Waals surface area contributed by atoms with Crippen LogP contribution in [0.25, 0.3) is 0 Å². The van der Waals surface area contributed by atoms with Gasteiger partial charge in [0.05, 0.1) is 0 Å². The molecular weight excluding hydrogens is 358 g/mol. The third-order valence-electron chi connectivity index (χ3n) is 3.64. The van der Waals surface area contributed by atoms with Gasteiger partial charge in [0.2, 0.25) is 0 Å². The monoisotopic (exact) mass is 373 g/mol. The van der Waals surface area contributed by atoms with Crippen molar-refractivity contribution >= 4 is 37.8 Å². The molecule has 98 valence electrons. The molecule has 0 spiro atoms. The van der Waals surface area contributed by atoms with E-state index >= 15 is 0 Å². The molecule has 1 aromatic rings. The Labute approximate surface area is 125 Å². The number of carbonyl (C=O) groups excluding carboxylic acids is 1. The standard InChI is InChI=1S/C14H17Br2NO/c1-10-2-3-11(8-12(10)16)13(18)17-9-14(4-5-14)6-7-15/h2-3,8H,4-7,9H2,1H3,(H,17,18). The molecule has 1 fully saturated rings. The van der Waals surface area contributed by atoms with Crippen LogP contribution in [0, 0.1) is 12.3 Å². The number of aryl methyl sites for hydroxylation is 1. The van der Waals surface area contributed by atoms with Crippen LogP contribution in [0.15, 0.2) is 22.7 Å². The number of rotatable bonds is 5. The number of carbonyl (C=O) groups is 1. The van der Waals surface area contributed by atoms with E-state index in [1.54, 1.807) is 0 Å². The Morgan fingerprint density at radius 1 is 1.44 bits per heavy atom. The Balaban J connectivity index is 1.93. The molecule has 0 radical (unpaired) electrons. The summed E-state index contributed by atoms with van der Waals surface area (Å²) in [5, 5.41) is 4.07. The number of halogens is 2.